The lowest BCUT2D eigenvalue weighted by atomic mass is 10.0. The normalized spacial score (nSPS) is 13.8. The summed E-state index contributed by atoms with van der Waals surface area (Å²) in [6, 6.07) is 5.92. The molecule has 0 saturated carbocycles. The van der Waals surface area contributed by atoms with Gasteiger partial charge >= 0.3 is 0 Å². The van der Waals surface area contributed by atoms with Crippen LogP contribution in [0.3, 0.4) is 0 Å². The number of fused-ring (bicyclic) bond motifs is 1. The summed E-state index contributed by atoms with van der Waals surface area (Å²) in [6.45, 7) is 3.93. The van der Waals surface area contributed by atoms with E-state index >= 15 is 0 Å². The Kier molecular flexibility index (Phi) is 2.77. The third-order valence-electron chi connectivity index (χ3n) is 2.87. The zero-order valence-corrected chi connectivity index (χ0v) is 9.62. The van der Waals surface area contributed by atoms with Gasteiger partial charge in [0.15, 0.2) is 0 Å². The molecule has 1 aromatic rings. The van der Waals surface area contributed by atoms with Crippen LogP contribution in [-0.2, 0) is 22.4 Å². The molecule has 1 amide bonds. The van der Waals surface area contributed by atoms with E-state index in [2.05, 4.69) is 0 Å². The molecule has 0 radical (unpaired) electrons. The minimum absolute atomic E-state index is 0.0815. The molecule has 1 heterocycles. The van der Waals surface area contributed by atoms with E-state index in [9.17, 15) is 9.59 Å². The monoisotopic (exact) mass is 217 g/mol. The van der Waals surface area contributed by atoms with Crippen LogP contribution < -0.4 is 4.90 Å². The van der Waals surface area contributed by atoms with Gasteiger partial charge in [-0.25, -0.2) is 0 Å². The van der Waals surface area contributed by atoms with Gasteiger partial charge in [-0.2, -0.15) is 0 Å². The predicted octanol–water partition coefficient (Wildman–Crippen LogP) is 1.73. The number of anilines is 1. The average Bonchev–Trinajstić information content (AvgIpc) is 2.59. The van der Waals surface area contributed by atoms with Crippen molar-refractivity contribution in [2.75, 3.05) is 11.4 Å². The van der Waals surface area contributed by atoms with Gasteiger partial charge in [-0.05, 0) is 30.5 Å². The smallest absolute Gasteiger partial charge is 0.223 e. The van der Waals surface area contributed by atoms with Gasteiger partial charge in [0, 0.05) is 25.6 Å². The highest BCUT2D eigenvalue weighted by molar-refractivity contribution is 5.93. The molecule has 1 aromatic carbocycles. The van der Waals surface area contributed by atoms with Crippen molar-refractivity contribution < 1.29 is 9.59 Å². The molecule has 0 atom stereocenters. The quantitative estimate of drug-likeness (QED) is 0.756. The lowest BCUT2D eigenvalue weighted by Gasteiger charge is -2.14. The fourth-order valence-corrected chi connectivity index (χ4v) is 2.18. The van der Waals surface area contributed by atoms with Gasteiger partial charge in [0.1, 0.15) is 5.78 Å². The van der Waals surface area contributed by atoms with Gasteiger partial charge in [0.05, 0.1) is 0 Å². The zero-order chi connectivity index (χ0) is 11.7. The number of carbonyl (C=O) groups is 2. The molecule has 0 aliphatic carbocycles. The van der Waals surface area contributed by atoms with Crippen molar-refractivity contribution in [3.63, 3.8) is 0 Å². The summed E-state index contributed by atoms with van der Waals surface area (Å²) in [5, 5.41) is 0. The molecule has 84 valence electrons. The Hall–Kier alpha value is -1.64. The maximum absolute atomic E-state index is 11.3. The van der Waals surface area contributed by atoms with Crippen molar-refractivity contribution in [2.45, 2.75) is 26.7 Å². The Labute approximate surface area is 95.1 Å². The lowest BCUT2D eigenvalue weighted by Crippen LogP contribution is -2.25. The number of ketones is 1. The van der Waals surface area contributed by atoms with Gasteiger partial charge in [0.2, 0.25) is 5.91 Å². The highest BCUT2D eigenvalue weighted by atomic mass is 16.2. The Morgan fingerprint density at radius 1 is 1.31 bits per heavy atom. The van der Waals surface area contributed by atoms with Crippen LogP contribution in [0.2, 0.25) is 0 Å². The summed E-state index contributed by atoms with van der Waals surface area (Å²) >= 11 is 0. The van der Waals surface area contributed by atoms with Crippen molar-refractivity contribution in [1.82, 2.24) is 0 Å². The molecule has 0 N–H and O–H groups in total. The molecule has 2 rings (SSSR count). The molecule has 0 saturated heterocycles. The highest BCUT2D eigenvalue weighted by Gasteiger charge is 2.21. The predicted molar refractivity (Wildman–Crippen MR) is 62.6 cm³/mol. The van der Waals surface area contributed by atoms with E-state index < -0.39 is 0 Å². The first kappa shape index (κ1) is 10.9. The average molecular weight is 217 g/mol. The molecule has 0 bridgehead atoms. The summed E-state index contributed by atoms with van der Waals surface area (Å²) < 4.78 is 0. The number of hydrogen-bond acceptors (Lipinski definition) is 2. The van der Waals surface area contributed by atoms with Crippen LogP contribution >= 0.6 is 0 Å². The molecule has 1 aliphatic rings. The van der Waals surface area contributed by atoms with Crippen LogP contribution in [0.5, 0.6) is 0 Å². The van der Waals surface area contributed by atoms with Crippen molar-refractivity contribution in [3.05, 3.63) is 29.3 Å². The van der Waals surface area contributed by atoms with E-state index in [1.54, 1.807) is 18.7 Å². The minimum Gasteiger partial charge on any atom is -0.312 e. The first-order chi connectivity index (χ1) is 7.58. The van der Waals surface area contributed by atoms with E-state index in [0.29, 0.717) is 6.42 Å². The van der Waals surface area contributed by atoms with Crippen LogP contribution in [0, 0.1) is 0 Å². The molecular weight excluding hydrogens is 202 g/mol. The van der Waals surface area contributed by atoms with Crippen molar-refractivity contribution in [2.24, 2.45) is 0 Å². The Bertz CT molecular complexity index is 451. The second-order valence-corrected chi connectivity index (χ2v) is 4.26. The van der Waals surface area contributed by atoms with Gasteiger partial charge in [-0.1, -0.05) is 12.1 Å². The molecule has 0 unspecified atom stereocenters. The van der Waals surface area contributed by atoms with Crippen LogP contribution in [0.25, 0.3) is 0 Å². The molecule has 0 aromatic heterocycles. The minimum atomic E-state index is 0.0815. The molecule has 1 aliphatic heterocycles. The highest BCUT2D eigenvalue weighted by Crippen LogP contribution is 2.28. The number of nitrogens with zero attached hydrogens (tertiary/aromatic N) is 1. The molecule has 3 nitrogen and oxygen atoms in total. The summed E-state index contributed by atoms with van der Waals surface area (Å²) in [4.78, 5) is 24.1. The van der Waals surface area contributed by atoms with Crippen LogP contribution in [0.15, 0.2) is 18.2 Å². The largest absolute Gasteiger partial charge is 0.312 e. The number of benzene rings is 1. The molecule has 0 fully saturated rings. The first-order valence-corrected chi connectivity index (χ1v) is 5.47. The fourth-order valence-electron chi connectivity index (χ4n) is 2.18. The second kappa shape index (κ2) is 4.08. The number of hydrogen-bond donors (Lipinski definition) is 0. The van der Waals surface area contributed by atoms with E-state index in [4.69, 9.17) is 0 Å². The number of amides is 1. The van der Waals surface area contributed by atoms with Crippen LogP contribution in [0.1, 0.15) is 25.0 Å². The third kappa shape index (κ3) is 1.98. The van der Waals surface area contributed by atoms with Crippen molar-refractivity contribution in [3.8, 4) is 0 Å². The number of Topliss-reactive ketones (excluding diaryl/α,β-unsaturated/α-hetero) is 1. The molecule has 3 heteroatoms. The molecule has 16 heavy (non-hydrogen) atoms. The van der Waals surface area contributed by atoms with Gasteiger partial charge in [0.25, 0.3) is 0 Å². The fraction of sp³-hybridized carbons (Fsp3) is 0.385. The van der Waals surface area contributed by atoms with E-state index in [1.807, 2.05) is 18.2 Å². The van der Waals surface area contributed by atoms with E-state index in [0.717, 1.165) is 24.2 Å². The van der Waals surface area contributed by atoms with Gasteiger partial charge in [-0.15, -0.1) is 0 Å². The summed E-state index contributed by atoms with van der Waals surface area (Å²) in [5.74, 6) is 0.249. The van der Waals surface area contributed by atoms with E-state index in [1.165, 1.54) is 5.56 Å². The lowest BCUT2D eigenvalue weighted by molar-refractivity contribution is -0.117. The standard InChI is InChI=1S/C13H15NO2/c1-9(15)7-11-3-4-13-12(8-11)5-6-14(13)10(2)16/h3-4,8H,5-7H2,1-2H3. The second-order valence-electron chi connectivity index (χ2n) is 4.26. The van der Waals surface area contributed by atoms with E-state index in [-0.39, 0.29) is 11.7 Å². The van der Waals surface area contributed by atoms with Gasteiger partial charge < -0.3 is 4.90 Å². The van der Waals surface area contributed by atoms with Crippen molar-refractivity contribution in [1.29, 1.82) is 0 Å². The Morgan fingerprint density at radius 3 is 2.69 bits per heavy atom. The Balaban J connectivity index is 2.29. The summed E-state index contributed by atoms with van der Waals surface area (Å²) in [7, 11) is 0. The SMILES string of the molecule is CC(=O)Cc1ccc2c(c1)CCN2C(C)=O. The summed E-state index contributed by atoms with van der Waals surface area (Å²) in [5.41, 5.74) is 3.21. The van der Waals surface area contributed by atoms with Crippen LogP contribution in [0.4, 0.5) is 5.69 Å². The molecular formula is C13H15NO2. The maximum atomic E-state index is 11.3. The zero-order valence-electron chi connectivity index (χ0n) is 9.62. The third-order valence-corrected chi connectivity index (χ3v) is 2.87. The number of carbonyl (C=O) groups excluding carboxylic acids is 2. The topological polar surface area (TPSA) is 37.4 Å². The van der Waals surface area contributed by atoms with Crippen molar-refractivity contribution >= 4 is 17.4 Å². The maximum Gasteiger partial charge on any atom is 0.223 e. The Morgan fingerprint density at radius 2 is 2.06 bits per heavy atom. The first-order valence-electron chi connectivity index (χ1n) is 5.47. The van der Waals surface area contributed by atoms with Gasteiger partial charge in [-0.3, -0.25) is 9.59 Å². The van der Waals surface area contributed by atoms with Crippen LogP contribution in [-0.4, -0.2) is 18.2 Å². The molecule has 0 spiro atoms. The summed E-state index contributed by atoms with van der Waals surface area (Å²) in [6.07, 6.45) is 1.37. The number of rotatable bonds is 2.